The minimum atomic E-state index is -4.17. The van der Waals surface area contributed by atoms with Gasteiger partial charge in [0, 0.05) is 12.8 Å². The molecular formula is C14H28NO9P. The first-order valence-electron chi connectivity index (χ1n) is 8.20. The number of hydrogen-bond donors (Lipinski definition) is 1. The van der Waals surface area contributed by atoms with E-state index >= 15 is 0 Å². The third-order valence-electron chi connectivity index (χ3n) is 2.50. The van der Waals surface area contributed by atoms with Crippen molar-refractivity contribution in [2.24, 2.45) is 5.50 Å². The van der Waals surface area contributed by atoms with Crippen LogP contribution >= 0.6 is 7.75 Å². The van der Waals surface area contributed by atoms with E-state index in [1.165, 1.54) is 0 Å². The molecule has 0 amide bonds. The van der Waals surface area contributed by atoms with Crippen molar-refractivity contribution in [3.63, 3.8) is 0 Å². The molecule has 0 aliphatic heterocycles. The summed E-state index contributed by atoms with van der Waals surface area (Å²) in [5, 5.41) is 0. The van der Waals surface area contributed by atoms with Crippen molar-refractivity contribution in [3.8, 4) is 0 Å². The second-order valence-electron chi connectivity index (χ2n) is 4.86. The molecule has 0 heterocycles. The summed E-state index contributed by atoms with van der Waals surface area (Å²) in [5.74, 6) is 0. The number of hydrogen-bond acceptors (Lipinski definition) is 9. The second-order valence-corrected chi connectivity index (χ2v) is 6.36. The minimum Gasteiger partial charge on any atom is -0.434 e. The van der Waals surface area contributed by atoms with Gasteiger partial charge in [0.15, 0.2) is 0 Å². The lowest BCUT2D eigenvalue weighted by atomic mass is 10.5. The third kappa shape index (κ3) is 11.8. The molecule has 0 saturated heterocycles. The molecule has 2 N–H and O–H groups in total. The Morgan fingerprint density at radius 1 is 0.840 bits per heavy atom. The van der Waals surface area contributed by atoms with Crippen LogP contribution in [0.5, 0.6) is 0 Å². The highest BCUT2D eigenvalue weighted by Crippen LogP contribution is 2.43. The highest BCUT2D eigenvalue weighted by atomic mass is 31.2. The number of carbonyl (C=O) groups is 2. The van der Waals surface area contributed by atoms with Crippen LogP contribution in [0.25, 0.3) is 0 Å². The van der Waals surface area contributed by atoms with Gasteiger partial charge in [-0.15, -0.1) is 0 Å². The van der Waals surface area contributed by atoms with E-state index in [-0.39, 0.29) is 26.1 Å². The summed E-state index contributed by atoms with van der Waals surface area (Å²) in [5.41, 5.74) is 5.47. The van der Waals surface area contributed by atoms with E-state index in [0.717, 1.165) is 0 Å². The summed E-state index contributed by atoms with van der Waals surface area (Å²) in [4.78, 5) is 22.8. The van der Waals surface area contributed by atoms with Gasteiger partial charge in [-0.25, -0.2) is 19.7 Å². The fourth-order valence-electron chi connectivity index (χ4n) is 1.36. The lowest BCUT2D eigenvalue weighted by molar-refractivity contribution is -0.0987. The molecule has 0 fully saturated rings. The van der Waals surface area contributed by atoms with E-state index in [1.54, 1.807) is 13.8 Å². The van der Waals surface area contributed by atoms with Gasteiger partial charge in [0.1, 0.15) is 0 Å². The molecule has 0 spiro atoms. The Bertz CT molecular complexity index is 410. The van der Waals surface area contributed by atoms with E-state index in [4.69, 9.17) is 33.5 Å². The molecule has 0 aromatic heterocycles. The molecule has 2 atom stereocenters. The van der Waals surface area contributed by atoms with Crippen molar-refractivity contribution in [3.05, 3.63) is 0 Å². The van der Waals surface area contributed by atoms with E-state index in [1.807, 2.05) is 13.8 Å². The number of rotatable bonds is 12. The number of nitrogens with two attached hydrogens (primary N) is 1. The molecule has 0 aromatic rings. The molecule has 11 heteroatoms. The maximum atomic E-state index is 12.2. The highest BCUT2D eigenvalue weighted by Gasteiger charge is 2.31. The Hall–Kier alpha value is -1.35. The van der Waals surface area contributed by atoms with Crippen LogP contribution in [0.15, 0.2) is 0 Å². The van der Waals surface area contributed by atoms with Gasteiger partial charge < -0.3 is 18.9 Å². The Kier molecular flexibility index (Phi) is 12.2. The fourth-order valence-corrected chi connectivity index (χ4v) is 2.45. The van der Waals surface area contributed by atoms with E-state index in [0.29, 0.717) is 12.8 Å². The average molecular weight is 385 g/mol. The monoisotopic (exact) mass is 385 g/mol. The van der Waals surface area contributed by atoms with Gasteiger partial charge >= 0.3 is 20.1 Å². The lowest BCUT2D eigenvalue weighted by Crippen LogP contribution is -2.26. The first-order chi connectivity index (χ1) is 11.8. The molecule has 0 aliphatic carbocycles. The first kappa shape index (κ1) is 23.6. The van der Waals surface area contributed by atoms with E-state index < -0.39 is 32.6 Å². The van der Waals surface area contributed by atoms with Crippen LogP contribution < -0.4 is 5.50 Å². The fraction of sp³-hybridized carbons (Fsp3) is 0.857. The van der Waals surface area contributed by atoms with Gasteiger partial charge in [-0.2, -0.15) is 0 Å². The summed E-state index contributed by atoms with van der Waals surface area (Å²) < 4.78 is 41.3. The van der Waals surface area contributed by atoms with Gasteiger partial charge in [-0.1, -0.05) is 27.7 Å². The molecule has 148 valence electrons. The van der Waals surface area contributed by atoms with Gasteiger partial charge in [-0.3, -0.25) is 9.05 Å². The van der Waals surface area contributed by atoms with Crippen LogP contribution in [0.4, 0.5) is 9.59 Å². The molecule has 0 radical (unpaired) electrons. The van der Waals surface area contributed by atoms with Crippen LogP contribution in [-0.2, 0) is 32.6 Å². The Morgan fingerprint density at radius 2 is 1.20 bits per heavy atom. The zero-order valence-corrected chi connectivity index (χ0v) is 16.0. The molecule has 0 rings (SSSR count). The Balaban J connectivity index is 4.56. The second kappa shape index (κ2) is 12.9. The summed E-state index contributed by atoms with van der Waals surface area (Å²) in [7, 11) is -4.17. The zero-order valence-electron chi connectivity index (χ0n) is 15.1. The topological polar surface area (TPSA) is 133 Å². The molecule has 10 nitrogen and oxygen atoms in total. The summed E-state index contributed by atoms with van der Waals surface area (Å²) >= 11 is 0. The van der Waals surface area contributed by atoms with Crippen LogP contribution in [-0.4, -0.2) is 38.1 Å². The molecule has 0 aromatic carbocycles. The molecule has 0 saturated carbocycles. The van der Waals surface area contributed by atoms with Crippen molar-refractivity contribution in [1.82, 2.24) is 0 Å². The minimum absolute atomic E-state index is 0.155. The maximum absolute atomic E-state index is 12.2. The predicted molar refractivity (Wildman–Crippen MR) is 87.6 cm³/mol. The normalized spacial score (nSPS) is 15.6. The zero-order chi connectivity index (χ0) is 19.3. The van der Waals surface area contributed by atoms with Gasteiger partial charge in [0.05, 0.1) is 13.2 Å². The molecular weight excluding hydrogens is 357 g/mol. The smallest absolute Gasteiger partial charge is 0.434 e. The summed E-state index contributed by atoms with van der Waals surface area (Å²) in [6, 6.07) is 0. The Morgan fingerprint density at radius 3 is 1.48 bits per heavy atom. The van der Waals surface area contributed by atoms with Gasteiger partial charge in [-0.05, 0) is 12.8 Å². The SMILES string of the molecule is CCCOC(=O)OC(CC)OP(N)(=O)OC(CC)OC(=O)OCCC. The number of ether oxygens (including phenoxy) is 4. The lowest BCUT2D eigenvalue weighted by Gasteiger charge is -2.23. The number of carbonyl (C=O) groups excluding carboxylic acids is 2. The quantitative estimate of drug-likeness (QED) is 0.301. The highest BCUT2D eigenvalue weighted by molar-refractivity contribution is 7.51. The third-order valence-corrected chi connectivity index (χ3v) is 3.56. The maximum Gasteiger partial charge on any atom is 0.510 e. The largest absolute Gasteiger partial charge is 0.510 e. The molecule has 0 aliphatic rings. The van der Waals surface area contributed by atoms with E-state index in [9.17, 15) is 14.2 Å². The molecule has 0 bridgehead atoms. The van der Waals surface area contributed by atoms with Gasteiger partial charge in [0.25, 0.3) is 0 Å². The summed E-state index contributed by atoms with van der Waals surface area (Å²) in [6.07, 6.45) is -2.86. The van der Waals surface area contributed by atoms with Crippen LogP contribution in [0.1, 0.15) is 53.4 Å². The van der Waals surface area contributed by atoms with Crippen molar-refractivity contribution < 1.29 is 42.1 Å². The average Bonchev–Trinajstić information content (AvgIpc) is 2.56. The van der Waals surface area contributed by atoms with E-state index in [2.05, 4.69) is 0 Å². The van der Waals surface area contributed by atoms with Crippen molar-refractivity contribution in [1.29, 1.82) is 0 Å². The van der Waals surface area contributed by atoms with Crippen LogP contribution in [0.3, 0.4) is 0 Å². The van der Waals surface area contributed by atoms with Crippen LogP contribution in [0, 0.1) is 0 Å². The summed E-state index contributed by atoms with van der Waals surface area (Å²) in [6.45, 7) is 7.23. The van der Waals surface area contributed by atoms with Gasteiger partial charge in [0.2, 0.25) is 12.6 Å². The Labute approximate surface area is 147 Å². The van der Waals surface area contributed by atoms with Crippen molar-refractivity contribution in [2.45, 2.75) is 66.0 Å². The van der Waals surface area contributed by atoms with Crippen molar-refractivity contribution >= 4 is 20.1 Å². The van der Waals surface area contributed by atoms with Crippen molar-refractivity contribution in [2.75, 3.05) is 13.2 Å². The predicted octanol–water partition coefficient (Wildman–Crippen LogP) is 3.69. The van der Waals surface area contributed by atoms with Crippen LogP contribution in [0.2, 0.25) is 0 Å². The molecule has 25 heavy (non-hydrogen) atoms. The molecule has 2 unspecified atom stereocenters. The standard InChI is InChI=1S/C14H28NO9P/c1-5-9-19-13(16)21-11(7-3)23-25(15,18)24-12(8-4)22-14(17)20-10-6-2/h11-12H,5-10H2,1-4H3,(H2,15,18). The first-order valence-corrected chi connectivity index (χ1v) is 9.81.